The van der Waals surface area contributed by atoms with Crippen LogP contribution in [0.4, 0.5) is 5.69 Å². The molecule has 1 heterocycles. The Labute approximate surface area is 184 Å². The zero-order valence-corrected chi connectivity index (χ0v) is 17.7. The number of esters is 1. The van der Waals surface area contributed by atoms with Crippen molar-refractivity contribution >= 4 is 34.8 Å². The Morgan fingerprint density at radius 1 is 0.968 bits per heavy atom. The average Bonchev–Trinajstić information content (AvgIpc) is 3.33. The van der Waals surface area contributed by atoms with Crippen LogP contribution in [0.5, 0.6) is 5.75 Å². The van der Waals surface area contributed by atoms with E-state index < -0.39 is 18.0 Å². The monoisotopic (exact) mass is 438 g/mol. The van der Waals surface area contributed by atoms with Gasteiger partial charge in [-0.1, -0.05) is 36.4 Å². The fourth-order valence-electron chi connectivity index (χ4n) is 2.75. The highest BCUT2D eigenvalue weighted by Crippen LogP contribution is 2.22. The molecule has 0 radical (unpaired) electrons. The Bertz CT molecular complexity index is 1000. The number of hydrogen-bond donors (Lipinski definition) is 2. The number of ether oxygens (including phenoxy) is 2. The second kappa shape index (κ2) is 10.9. The minimum atomic E-state index is -1.12. The van der Waals surface area contributed by atoms with Crippen molar-refractivity contribution in [1.29, 1.82) is 0 Å². The van der Waals surface area contributed by atoms with Gasteiger partial charge in [0.2, 0.25) is 6.10 Å². The molecule has 0 aliphatic carbocycles. The van der Waals surface area contributed by atoms with Gasteiger partial charge in [-0.15, -0.1) is 11.3 Å². The van der Waals surface area contributed by atoms with E-state index in [-0.39, 0.29) is 18.9 Å². The lowest BCUT2D eigenvalue weighted by Crippen LogP contribution is -2.29. The minimum Gasteiger partial charge on any atom is -0.497 e. The zero-order chi connectivity index (χ0) is 22.1. The number of hydrogen-bond acceptors (Lipinski definition) is 6. The Morgan fingerprint density at radius 3 is 2.35 bits per heavy atom. The predicted molar refractivity (Wildman–Crippen MR) is 118 cm³/mol. The van der Waals surface area contributed by atoms with Crippen LogP contribution in [-0.2, 0) is 14.3 Å². The first-order chi connectivity index (χ1) is 15.1. The molecule has 0 spiro atoms. The molecule has 0 bridgehead atoms. The summed E-state index contributed by atoms with van der Waals surface area (Å²) in [6.45, 7) is 0.108. The molecule has 1 atom stereocenters. The number of anilines is 1. The van der Waals surface area contributed by atoms with Crippen LogP contribution in [0.15, 0.2) is 72.1 Å². The fraction of sp³-hybridized carbons (Fsp3) is 0.174. The predicted octanol–water partition coefficient (Wildman–Crippen LogP) is 3.80. The van der Waals surface area contributed by atoms with E-state index in [9.17, 15) is 14.4 Å². The summed E-state index contributed by atoms with van der Waals surface area (Å²) in [5.41, 5.74) is 1.09. The van der Waals surface area contributed by atoms with E-state index >= 15 is 0 Å². The molecule has 3 rings (SSSR count). The van der Waals surface area contributed by atoms with E-state index in [1.165, 1.54) is 11.3 Å². The van der Waals surface area contributed by atoms with Crippen molar-refractivity contribution in [3.63, 3.8) is 0 Å². The lowest BCUT2D eigenvalue weighted by molar-refractivity contribution is -0.154. The molecule has 31 heavy (non-hydrogen) atoms. The summed E-state index contributed by atoms with van der Waals surface area (Å²) in [4.78, 5) is 37.7. The maximum atomic E-state index is 12.9. The van der Waals surface area contributed by atoms with Crippen molar-refractivity contribution in [3.05, 3.63) is 82.6 Å². The molecule has 0 aliphatic rings. The van der Waals surface area contributed by atoms with Gasteiger partial charge in [-0.25, -0.2) is 0 Å². The van der Waals surface area contributed by atoms with Crippen molar-refractivity contribution < 1.29 is 23.9 Å². The summed E-state index contributed by atoms with van der Waals surface area (Å²) in [6.07, 6.45) is -1.18. The van der Waals surface area contributed by atoms with Crippen LogP contribution in [0.2, 0.25) is 0 Å². The van der Waals surface area contributed by atoms with Crippen LogP contribution in [0.25, 0.3) is 0 Å². The van der Waals surface area contributed by atoms with Gasteiger partial charge in [0, 0.05) is 17.8 Å². The van der Waals surface area contributed by atoms with E-state index in [1.54, 1.807) is 73.2 Å². The number of carbonyl (C=O) groups is 3. The first kappa shape index (κ1) is 22.0. The zero-order valence-electron chi connectivity index (χ0n) is 16.9. The number of methoxy groups -OCH3 is 1. The number of rotatable bonds is 9. The minimum absolute atomic E-state index is 0.0593. The normalized spacial score (nSPS) is 11.3. The second-order valence-corrected chi connectivity index (χ2v) is 7.43. The molecular weight excluding hydrogens is 416 g/mol. The topological polar surface area (TPSA) is 93.7 Å². The number of nitrogens with one attached hydrogen (secondary N) is 2. The van der Waals surface area contributed by atoms with E-state index in [1.807, 2.05) is 6.07 Å². The average molecular weight is 439 g/mol. The molecule has 8 heteroatoms. The van der Waals surface area contributed by atoms with Gasteiger partial charge in [-0.3, -0.25) is 14.4 Å². The van der Waals surface area contributed by atoms with Crippen molar-refractivity contribution in [2.24, 2.45) is 0 Å². The quantitative estimate of drug-likeness (QED) is 0.496. The molecule has 1 aromatic heterocycles. The molecule has 2 N–H and O–H groups in total. The Morgan fingerprint density at radius 2 is 1.71 bits per heavy atom. The molecule has 7 nitrogen and oxygen atoms in total. The van der Waals surface area contributed by atoms with Crippen LogP contribution >= 0.6 is 11.3 Å². The molecule has 2 amide bonds. The molecule has 160 valence electrons. The van der Waals surface area contributed by atoms with Gasteiger partial charge in [-0.2, -0.15) is 0 Å². The summed E-state index contributed by atoms with van der Waals surface area (Å²) in [5, 5.41) is 7.22. The SMILES string of the molecule is COc1ccc(NC(=O)C(OC(=O)CCNC(=O)c2cccs2)c2ccccc2)cc1. The van der Waals surface area contributed by atoms with Crippen LogP contribution in [-0.4, -0.2) is 31.4 Å². The molecule has 2 aromatic carbocycles. The van der Waals surface area contributed by atoms with E-state index in [0.717, 1.165) is 0 Å². The van der Waals surface area contributed by atoms with Crippen molar-refractivity contribution in [2.45, 2.75) is 12.5 Å². The third-order valence-electron chi connectivity index (χ3n) is 4.31. The van der Waals surface area contributed by atoms with Gasteiger partial charge in [-0.05, 0) is 35.7 Å². The van der Waals surface area contributed by atoms with Gasteiger partial charge in [0.1, 0.15) is 5.75 Å². The highest BCUT2D eigenvalue weighted by molar-refractivity contribution is 7.12. The summed E-state index contributed by atoms with van der Waals surface area (Å²) in [7, 11) is 1.56. The summed E-state index contributed by atoms with van der Waals surface area (Å²) >= 11 is 1.32. The Hall–Kier alpha value is -3.65. The standard InChI is InChI=1S/C23H22N2O5S/c1-29-18-11-9-17(10-12-18)25-23(28)21(16-6-3-2-4-7-16)30-20(26)13-14-24-22(27)19-8-5-15-31-19/h2-12,15,21H,13-14H2,1H3,(H,24,27)(H,25,28). The van der Waals surface area contributed by atoms with Crippen LogP contribution in [0.1, 0.15) is 27.8 Å². The third-order valence-corrected chi connectivity index (χ3v) is 5.18. The highest BCUT2D eigenvalue weighted by atomic mass is 32.1. The molecule has 3 aromatic rings. The van der Waals surface area contributed by atoms with Crippen LogP contribution < -0.4 is 15.4 Å². The molecular formula is C23H22N2O5S. The molecule has 0 aliphatic heterocycles. The van der Waals surface area contributed by atoms with E-state index in [0.29, 0.717) is 21.9 Å². The number of thiophene rings is 1. The Kier molecular flexibility index (Phi) is 7.78. The van der Waals surface area contributed by atoms with Gasteiger partial charge in [0.15, 0.2) is 0 Å². The van der Waals surface area contributed by atoms with Gasteiger partial charge < -0.3 is 20.1 Å². The van der Waals surface area contributed by atoms with Crippen LogP contribution in [0, 0.1) is 0 Å². The lowest BCUT2D eigenvalue weighted by Gasteiger charge is -2.18. The first-order valence-electron chi connectivity index (χ1n) is 9.58. The van der Waals surface area contributed by atoms with Crippen molar-refractivity contribution in [1.82, 2.24) is 5.32 Å². The third kappa shape index (κ3) is 6.42. The smallest absolute Gasteiger partial charge is 0.308 e. The molecule has 0 saturated carbocycles. The highest BCUT2D eigenvalue weighted by Gasteiger charge is 2.25. The van der Waals surface area contributed by atoms with Gasteiger partial charge >= 0.3 is 5.97 Å². The van der Waals surface area contributed by atoms with Gasteiger partial charge in [0.05, 0.1) is 18.4 Å². The molecule has 0 fully saturated rings. The Balaban J connectivity index is 1.61. The lowest BCUT2D eigenvalue weighted by atomic mass is 10.1. The van der Waals surface area contributed by atoms with Crippen molar-refractivity contribution in [3.8, 4) is 5.75 Å². The van der Waals surface area contributed by atoms with Crippen LogP contribution in [0.3, 0.4) is 0 Å². The van der Waals surface area contributed by atoms with Crippen molar-refractivity contribution in [2.75, 3.05) is 19.0 Å². The summed E-state index contributed by atoms with van der Waals surface area (Å²) in [6, 6.07) is 19.1. The number of amides is 2. The summed E-state index contributed by atoms with van der Waals surface area (Å²) in [5.74, 6) is -0.661. The largest absolute Gasteiger partial charge is 0.497 e. The number of carbonyl (C=O) groups excluding carboxylic acids is 3. The van der Waals surface area contributed by atoms with E-state index in [2.05, 4.69) is 10.6 Å². The maximum absolute atomic E-state index is 12.9. The summed E-state index contributed by atoms with van der Waals surface area (Å²) < 4.78 is 10.6. The van der Waals surface area contributed by atoms with Gasteiger partial charge in [0.25, 0.3) is 11.8 Å². The second-order valence-electron chi connectivity index (χ2n) is 6.48. The molecule has 0 saturated heterocycles. The molecule has 1 unspecified atom stereocenters. The maximum Gasteiger partial charge on any atom is 0.308 e. The van der Waals surface area contributed by atoms with E-state index in [4.69, 9.17) is 9.47 Å². The number of benzene rings is 2. The first-order valence-corrected chi connectivity index (χ1v) is 10.5. The fourth-order valence-corrected chi connectivity index (χ4v) is 3.39.